The van der Waals surface area contributed by atoms with Crippen LogP contribution in [0.4, 0.5) is 0 Å². The van der Waals surface area contributed by atoms with Gasteiger partial charge in [-0.05, 0) is 25.0 Å². The van der Waals surface area contributed by atoms with E-state index < -0.39 is 5.97 Å². The number of pyridine rings is 1. The normalized spacial score (nSPS) is 16.2. The first kappa shape index (κ1) is 12.0. The molecule has 0 unspecified atom stereocenters. The third-order valence-corrected chi connectivity index (χ3v) is 2.88. The number of rotatable bonds is 5. The standard InChI is InChI=1S/C12H16N2O3/c15-12(16)9-5-6-10(13-7-9)8-14-17-11-3-1-2-4-11/h5-7,11,14H,1-4,8H2,(H,15,16). The third-order valence-electron chi connectivity index (χ3n) is 2.88. The van der Waals surface area contributed by atoms with E-state index >= 15 is 0 Å². The zero-order valence-corrected chi connectivity index (χ0v) is 9.56. The van der Waals surface area contributed by atoms with Gasteiger partial charge in [0.1, 0.15) is 0 Å². The number of nitrogens with one attached hydrogen (secondary N) is 1. The summed E-state index contributed by atoms with van der Waals surface area (Å²) >= 11 is 0. The van der Waals surface area contributed by atoms with Crippen molar-refractivity contribution in [3.63, 3.8) is 0 Å². The lowest BCUT2D eigenvalue weighted by atomic mass is 10.2. The number of hydrogen-bond donors (Lipinski definition) is 2. The molecule has 1 heterocycles. The van der Waals surface area contributed by atoms with Crippen LogP contribution < -0.4 is 5.48 Å². The molecule has 5 nitrogen and oxygen atoms in total. The van der Waals surface area contributed by atoms with Crippen molar-refractivity contribution in [1.29, 1.82) is 0 Å². The highest BCUT2D eigenvalue weighted by Gasteiger charge is 2.15. The van der Waals surface area contributed by atoms with E-state index in [0.717, 1.165) is 18.5 Å². The second-order valence-corrected chi connectivity index (χ2v) is 4.19. The molecule has 92 valence electrons. The van der Waals surface area contributed by atoms with Gasteiger partial charge >= 0.3 is 5.97 Å². The molecular weight excluding hydrogens is 220 g/mol. The van der Waals surface area contributed by atoms with E-state index in [4.69, 9.17) is 9.94 Å². The summed E-state index contributed by atoms with van der Waals surface area (Å²) in [5, 5.41) is 8.72. The predicted octanol–water partition coefficient (Wildman–Crippen LogP) is 1.74. The molecule has 1 saturated carbocycles. The van der Waals surface area contributed by atoms with Gasteiger partial charge in [0.2, 0.25) is 0 Å². The van der Waals surface area contributed by atoms with Crippen LogP contribution in [0.1, 0.15) is 41.7 Å². The van der Waals surface area contributed by atoms with Gasteiger partial charge in [-0.25, -0.2) is 4.79 Å². The largest absolute Gasteiger partial charge is 0.478 e. The molecule has 0 aliphatic heterocycles. The van der Waals surface area contributed by atoms with E-state index in [2.05, 4.69) is 10.5 Å². The average molecular weight is 236 g/mol. The number of aromatic carboxylic acids is 1. The molecule has 17 heavy (non-hydrogen) atoms. The van der Waals surface area contributed by atoms with Crippen molar-refractivity contribution in [1.82, 2.24) is 10.5 Å². The van der Waals surface area contributed by atoms with Gasteiger partial charge in [-0.15, -0.1) is 0 Å². The molecule has 1 aromatic rings. The number of hydrogen-bond acceptors (Lipinski definition) is 4. The molecule has 2 N–H and O–H groups in total. The van der Waals surface area contributed by atoms with Crippen LogP contribution in [-0.2, 0) is 11.4 Å². The maximum atomic E-state index is 10.6. The molecule has 2 rings (SSSR count). The van der Waals surface area contributed by atoms with Crippen molar-refractivity contribution in [3.05, 3.63) is 29.6 Å². The van der Waals surface area contributed by atoms with E-state index in [0.29, 0.717) is 12.6 Å². The first-order valence-corrected chi connectivity index (χ1v) is 5.82. The van der Waals surface area contributed by atoms with E-state index in [1.54, 1.807) is 12.1 Å². The summed E-state index contributed by atoms with van der Waals surface area (Å²) in [4.78, 5) is 20.1. The third kappa shape index (κ3) is 3.51. The minimum absolute atomic E-state index is 0.200. The maximum Gasteiger partial charge on any atom is 0.337 e. The fourth-order valence-corrected chi connectivity index (χ4v) is 1.90. The Morgan fingerprint density at radius 2 is 2.24 bits per heavy atom. The molecule has 0 atom stereocenters. The van der Waals surface area contributed by atoms with E-state index in [1.165, 1.54) is 19.0 Å². The van der Waals surface area contributed by atoms with Crippen LogP contribution in [0.2, 0.25) is 0 Å². The Labute approximate surface area is 99.8 Å². The molecule has 1 aliphatic carbocycles. The van der Waals surface area contributed by atoms with Crippen LogP contribution in [0.5, 0.6) is 0 Å². The molecule has 0 saturated heterocycles. The summed E-state index contributed by atoms with van der Waals surface area (Å²) in [6.45, 7) is 0.496. The molecule has 0 amide bonds. The molecule has 1 aliphatic rings. The van der Waals surface area contributed by atoms with Crippen molar-refractivity contribution in [2.24, 2.45) is 0 Å². The van der Waals surface area contributed by atoms with Crippen molar-refractivity contribution in [3.8, 4) is 0 Å². The SMILES string of the molecule is O=C(O)c1ccc(CNOC2CCCC2)nc1. The second kappa shape index (κ2) is 5.75. The lowest BCUT2D eigenvalue weighted by Gasteiger charge is -2.11. The number of carbonyl (C=O) groups is 1. The second-order valence-electron chi connectivity index (χ2n) is 4.19. The van der Waals surface area contributed by atoms with Crippen LogP contribution >= 0.6 is 0 Å². The van der Waals surface area contributed by atoms with Gasteiger partial charge in [-0.3, -0.25) is 9.82 Å². The number of hydroxylamine groups is 1. The molecular formula is C12H16N2O3. The lowest BCUT2D eigenvalue weighted by molar-refractivity contribution is -0.0248. The van der Waals surface area contributed by atoms with Crippen molar-refractivity contribution < 1.29 is 14.7 Å². The molecule has 0 spiro atoms. The summed E-state index contributed by atoms with van der Waals surface area (Å²) in [7, 11) is 0. The van der Waals surface area contributed by atoms with Crippen LogP contribution in [-0.4, -0.2) is 22.2 Å². The summed E-state index contributed by atoms with van der Waals surface area (Å²) in [6.07, 6.45) is 6.36. The topological polar surface area (TPSA) is 71.5 Å². The first-order chi connectivity index (χ1) is 8.25. The summed E-state index contributed by atoms with van der Waals surface area (Å²) < 4.78 is 0. The van der Waals surface area contributed by atoms with Gasteiger partial charge in [-0.2, -0.15) is 5.48 Å². The number of nitrogens with zero attached hydrogens (tertiary/aromatic N) is 1. The van der Waals surface area contributed by atoms with Gasteiger partial charge < -0.3 is 5.11 Å². The predicted molar refractivity (Wildman–Crippen MR) is 61.4 cm³/mol. The number of carboxylic acid groups (broad SMARTS) is 1. The lowest BCUT2D eigenvalue weighted by Crippen LogP contribution is -2.21. The van der Waals surface area contributed by atoms with Crippen LogP contribution in [0.15, 0.2) is 18.3 Å². The first-order valence-electron chi connectivity index (χ1n) is 5.82. The van der Waals surface area contributed by atoms with E-state index in [1.807, 2.05) is 0 Å². The van der Waals surface area contributed by atoms with Crippen LogP contribution in [0, 0.1) is 0 Å². The zero-order chi connectivity index (χ0) is 12.1. The molecule has 0 aromatic carbocycles. The van der Waals surface area contributed by atoms with E-state index in [9.17, 15) is 4.79 Å². The zero-order valence-electron chi connectivity index (χ0n) is 9.56. The van der Waals surface area contributed by atoms with Crippen molar-refractivity contribution in [2.75, 3.05) is 0 Å². The fourth-order valence-electron chi connectivity index (χ4n) is 1.90. The van der Waals surface area contributed by atoms with Gasteiger partial charge in [-0.1, -0.05) is 12.8 Å². The quantitative estimate of drug-likeness (QED) is 0.762. The highest BCUT2D eigenvalue weighted by molar-refractivity contribution is 5.87. The highest BCUT2D eigenvalue weighted by Crippen LogP contribution is 2.19. The average Bonchev–Trinajstić information content (AvgIpc) is 2.83. The van der Waals surface area contributed by atoms with Gasteiger partial charge in [0, 0.05) is 6.20 Å². The summed E-state index contributed by atoms with van der Waals surface area (Å²) in [5.74, 6) is -0.959. The molecule has 5 heteroatoms. The van der Waals surface area contributed by atoms with Gasteiger partial charge in [0.15, 0.2) is 0 Å². The van der Waals surface area contributed by atoms with Crippen molar-refractivity contribution >= 4 is 5.97 Å². The Bertz CT molecular complexity index is 372. The van der Waals surface area contributed by atoms with Gasteiger partial charge in [0.25, 0.3) is 0 Å². The summed E-state index contributed by atoms with van der Waals surface area (Å²) in [5.41, 5.74) is 3.85. The van der Waals surface area contributed by atoms with Crippen LogP contribution in [0.25, 0.3) is 0 Å². The number of aromatic nitrogens is 1. The Kier molecular flexibility index (Phi) is 4.06. The molecule has 0 radical (unpaired) electrons. The highest BCUT2D eigenvalue weighted by atomic mass is 16.7. The molecule has 1 aromatic heterocycles. The Balaban J connectivity index is 1.76. The van der Waals surface area contributed by atoms with Gasteiger partial charge in [0.05, 0.1) is 23.9 Å². The smallest absolute Gasteiger partial charge is 0.337 e. The minimum Gasteiger partial charge on any atom is -0.478 e. The van der Waals surface area contributed by atoms with E-state index in [-0.39, 0.29) is 5.56 Å². The minimum atomic E-state index is -0.959. The Hall–Kier alpha value is -1.46. The molecule has 1 fully saturated rings. The molecule has 0 bridgehead atoms. The summed E-state index contributed by atoms with van der Waals surface area (Å²) in [6, 6.07) is 3.23. The maximum absolute atomic E-state index is 10.6. The Morgan fingerprint density at radius 3 is 2.82 bits per heavy atom. The van der Waals surface area contributed by atoms with Crippen molar-refractivity contribution in [2.45, 2.75) is 38.3 Å². The monoisotopic (exact) mass is 236 g/mol. The number of carboxylic acids is 1. The fraction of sp³-hybridized carbons (Fsp3) is 0.500. The van der Waals surface area contributed by atoms with Crippen LogP contribution in [0.3, 0.4) is 0 Å². The Morgan fingerprint density at radius 1 is 1.47 bits per heavy atom.